The Morgan fingerprint density at radius 2 is 1.76 bits per heavy atom. The molecule has 1 aromatic heterocycles. The molecule has 1 amide bonds. The molecule has 3 aromatic rings. The summed E-state index contributed by atoms with van der Waals surface area (Å²) in [6, 6.07) is 13.3. The molecule has 2 aliphatic heterocycles. The van der Waals surface area contributed by atoms with Gasteiger partial charge in [0.1, 0.15) is 5.75 Å². The van der Waals surface area contributed by atoms with Gasteiger partial charge in [-0.2, -0.15) is 0 Å². The molecule has 1 atom stereocenters. The number of methoxy groups -OCH3 is 2. The number of nitrogens with zero attached hydrogens (tertiary/aromatic N) is 2. The number of aliphatic hydroxyl groups excluding tert-OH is 1. The van der Waals surface area contributed by atoms with Crippen LogP contribution in [0.2, 0.25) is 0 Å². The van der Waals surface area contributed by atoms with E-state index in [4.69, 9.17) is 18.6 Å². The minimum absolute atomic E-state index is 0.0175. The molecule has 9 heteroatoms. The fourth-order valence-corrected chi connectivity index (χ4v) is 5.06. The highest BCUT2D eigenvalue weighted by Crippen LogP contribution is 2.43. The minimum atomic E-state index is -0.823. The van der Waals surface area contributed by atoms with Crippen molar-refractivity contribution in [2.45, 2.75) is 12.5 Å². The van der Waals surface area contributed by atoms with Gasteiger partial charge in [0, 0.05) is 37.1 Å². The number of amides is 1. The van der Waals surface area contributed by atoms with E-state index in [9.17, 15) is 14.7 Å². The first kappa shape index (κ1) is 24.9. The van der Waals surface area contributed by atoms with Crippen LogP contribution in [-0.2, 0) is 9.53 Å². The van der Waals surface area contributed by atoms with Crippen molar-refractivity contribution < 1.29 is 33.3 Å². The van der Waals surface area contributed by atoms with Crippen molar-refractivity contribution in [1.82, 2.24) is 9.80 Å². The minimum Gasteiger partial charge on any atom is -0.503 e. The quantitative estimate of drug-likeness (QED) is 0.438. The molecule has 0 aliphatic carbocycles. The second kappa shape index (κ2) is 10.7. The van der Waals surface area contributed by atoms with Crippen molar-refractivity contribution in [3.63, 3.8) is 0 Å². The molecule has 2 aromatic carbocycles. The fourth-order valence-electron chi connectivity index (χ4n) is 5.06. The van der Waals surface area contributed by atoms with Crippen molar-refractivity contribution in [2.24, 2.45) is 0 Å². The summed E-state index contributed by atoms with van der Waals surface area (Å²) in [7, 11) is 3.06. The summed E-state index contributed by atoms with van der Waals surface area (Å²) in [4.78, 5) is 31.0. The number of hydrogen-bond acceptors (Lipinski definition) is 8. The number of carbonyl (C=O) groups excluding carboxylic acids is 2. The highest BCUT2D eigenvalue weighted by atomic mass is 16.5. The van der Waals surface area contributed by atoms with Gasteiger partial charge in [0.05, 0.1) is 39.0 Å². The highest BCUT2D eigenvalue weighted by molar-refractivity contribution is 6.16. The summed E-state index contributed by atoms with van der Waals surface area (Å²) < 4.78 is 22.2. The lowest BCUT2D eigenvalue weighted by Gasteiger charge is -2.30. The molecule has 3 heterocycles. The summed E-state index contributed by atoms with van der Waals surface area (Å²) in [5, 5.41) is 11.7. The van der Waals surface area contributed by atoms with Crippen molar-refractivity contribution in [3.05, 3.63) is 71.2 Å². The van der Waals surface area contributed by atoms with Crippen LogP contribution in [0.15, 0.2) is 64.3 Å². The summed E-state index contributed by atoms with van der Waals surface area (Å²) in [6.45, 7) is 4.19. The Balaban J connectivity index is 1.50. The number of hydrogen-bond donors (Lipinski definition) is 1. The number of ether oxygens (including phenoxy) is 3. The largest absolute Gasteiger partial charge is 0.503 e. The van der Waals surface area contributed by atoms with Gasteiger partial charge in [-0.25, -0.2) is 0 Å². The SMILES string of the molecule is COc1ccccc1[C@@H]1C(C(=O)c2cc3cccc(OC)c3o2)=C(O)C(=O)N1CCCN1CCOCC1. The van der Waals surface area contributed by atoms with Gasteiger partial charge in [0.25, 0.3) is 5.91 Å². The average Bonchev–Trinajstić information content (AvgIpc) is 3.48. The molecule has 9 nitrogen and oxygen atoms in total. The zero-order valence-corrected chi connectivity index (χ0v) is 20.9. The standard InChI is InChI=1S/C28H30N2O7/c1-34-20-9-4-3-8-19(20)24-23(25(31)22-17-18-7-5-10-21(35-2)27(18)37-22)26(32)28(33)30(24)12-6-11-29-13-15-36-16-14-29/h3-5,7-10,17,24,32H,6,11-16H2,1-2H3/t24-/m1/s1. The third-order valence-electron chi connectivity index (χ3n) is 6.91. The van der Waals surface area contributed by atoms with Crippen LogP contribution in [0, 0.1) is 0 Å². The van der Waals surface area contributed by atoms with Crippen LogP contribution < -0.4 is 9.47 Å². The van der Waals surface area contributed by atoms with Crippen molar-refractivity contribution in [2.75, 3.05) is 53.6 Å². The number of ketones is 1. The number of para-hydroxylation sites is 2. The van der Waals surface area contributed by atoms with Gasteiger partial charge in [-0.05, 0) is 24.6 Å². The smallest absolute Gasteiger partial charge is 0.290 e. The molecule has 2 aliphatic rings. The zero-order chi connectivity index (χ0) is 25.9. The molecule has 1 fully saturated rings. The zero-order valence-electron chi connectivity index (χ0n) is 20.9. The van der Waals surface area contributed by atoms with Gasteiger partial charge in [-0.1, -0.05) is 30.3 Å². The number of Topliss-reactive ketones (excluding diaryl/α,β-unsaturated/α-hetero) is 1. The molecule has 0 radical (unpaired) electrons. The van der Waals surface area contributed by atoms with Crippen LogP contribution in [0.25, 0.3) is 11.0 Å². The number of fused-ring (bicyclic) bond motifs is 1. The average molecular weight is 507 g/mol. The molecule has 0 bridgehead atoms. The lowest BCUT2D eigenvalue weighted by molar-refractivity contribution is -0.129. The molecule has 0 saturated carbocycles. The Morgan fingerprint density at radius 1 is 1.03 bits per heavy atom. The summed E-state index contributed by atoms with van der Waals surface area (Å²) in [5.41, 5.74) is 1.01. The molecule has 5 rings (SSSR count). The Kier molecular flexibility index (Phi) is 7.16. The first-order chi connectivity index (χ1) is 18.0. The lowest BCUT2D eigenvalue weighted by Crippen LogP contribution is -2.39. The molecular weight excluding hydrogens is 476 g/mol. The van der Waals surface area contributed by atoms with Crippen molar-refractivity contribution in [3.8, 4) is 11.5 Å². The predicted molar refractivity (Wildman–Crippen MR) is 136 cm³/mol. The predicted octanol–water partition coefficient (Wildman–Crippen LogP) is 3.75. The van der Waals surface area contributed by atoms with E-state index >= 15 is 0 Å². The third kappa shape index (κ3) is 4.68. The first-order valence-electron chi connectivity index (χ1n) is 12.3. The number of benzene rings is 2. The molecule has 0 spiro atoms. The third-order valence-corrected chi connectivity index (χ3v) is 6.91. The van der Waals surface area contributed by atoms with Crippen LogP contribution in [0.4, 0.5) is 0 Å². The number of aliphatic hydroxyl groups is 1. The first-order valence-corrected chi connectivity index (χ1v) is 12.3. The number of rotatable bonds is 9. The number of carbonyl (C=O) groups is 2. The van der Waals surface area contributed by atoms with E-state index in [1.54, 1.807) is 35.2 Å². The van der Waals surface area contributed by atoms with Crippen molar-refractivity contribution >= 4 is 22.7 Å². The fraction of sp³-hybridized carbons (Fsp3) is 0.357. The Morgan fingerprint density at radius 3 is 2.51 bits per heavy atom. The number of morpholine rings is 1. The van der Waals surface area contributed by atoms with Crippen molar-refractivity contribution in [1.29, 1.82) is 0 Å². The van der Waals surface area contributed by atoms with E-state index in [0.717, 1.165) is 19.6 Å². The van der Waals surface area contributed by atoms with Crippen LogP contribution in [0.3, 0.4) is 0 Å². The van der Waals surface area contributed by atoms with E-state index in [1.807, 2.05) is 18.2 Å². The second-order valence-electron chi connectivity index (χ2n) is 9.03. The summed E-state index contributed by atoms with van der Waals surface area (Å²) in [5.74, 6) is -0.692. The van der Waals surface area contributed by atoms with Gasteiger partial charge < -0.3 is 28.6 Å². The Labute approximate surface area is 214 Å². The van der Waals surface area contributed by atoms with Crippen LogP contribution >= 0.6 is 0 Å². The van der Waals surface area contributed by atoms with E-state index in [1.165, 1.54) is 14.2 Å². The van der Waals surface area contributed by atoms with Gasteiger partial charge in [0.15, 0.2) is 22.9 Å². The van der Waals surface area contributed by atoms with Crippen LogP contribution in [0.1, 0.15) is 28.6 Å². The van der Waals surface area contributed by atoms with Gasteiger partial charge >= 0.3 is 0 Å². The molecule has 1 saturated heterocycles. The molecule has 1 N–H and O–H groups in total. The maximum atomic E-state index is 13.8. The molecule has 37 heavy (non-hydrogen) atoms. The maximum absolute atomic E-state index is 13.8. The number of furan rings is 1. The lowest BCUT2D eigenvalue weighted by atomic mass is 9.94. The Hall–Kier alpha value is -3.82. The van der Waals surface area contributed by atoms with E-state index in [2.05, 4.69) is 4.90 Å². The maximum Gasteiger partial charge on any atom is 0.290 e. The van der Waals surface area contributed by atoms with Crippen LogP contribution in [-0.4, -0.2) is 80.2 Å². The topological polar surface area (TPSA) is 102 Å². The normalized spacial score (nSPS) is 18.6. The monoisotopic (exact) mass is 506 g/mol. The van der Waals surface area contributed by atoms with Gasteiger partial charge in [-0.15, -0.1) is 0 Å². The summed E-state index contributed by atoms with van der Waals surface area (Å²) >= 11 is 0. The Bertz CT molecular complexity index is 1340. The molecular formula is C28H30N2O7. The summed E-state index contributed by atoms with van der Waals surface area (Å²) in [6.07, 6.45) is 0.675. The van der Waals surface area contributed by atoms with E-state index in [-0.39, 0.29) is 11.3 Å². The highest BCUT2D eigenvalue weighted by Gasteiger charge is 2.45. The molecule has 0 unspecified atom stereocenters. The van der Waals surface area contributed by atoms with E-state index in [0.29, 0.717) is 54.2 Å². The second-order valence-corrected chi connectivity index (χ2v) is 9.03. The van der Waals surface area contributed by atoms with E-state index < -0.39 is 23.5 Å². The van der Waals surface area contributed by atoms with Gasteiger partial charge in [-0.3, -0.25) is 14.5 Å². The van der Waals surface area contributed by atoms with Crippen LogP contribution in [0.5, 0.6) is 11.5 Å². The van der Waals surface area contributed by atoms with Gasteiger partial charge in [0.2, 0.25) is 5.78 Å². The molecule has 194 valence electrons.